The van der Waals surface area contributed by atoms with Crippen LogP contribution in [-0.2, 0) is 9.84 Å². The Balaban J connectivity index is 2.37. The number of aromatic nitrogens is 2. The number of amides is 1. The van der Waals surface area contributed by atoms with Gasteiger partial charge in [-0.15, -0.1) is 10.2 Å². The van der Waals surface area contributed by atoms with Crippen LogP contribution in [0.2, 0.25) is 0 Å². The normalized spacial score (nSPS) is 11.2. The molecule has 2 aromatic rings. The van der Waals surface area contributed by atoms with Crippen molar-refractivity contribution in [1.82, 2.24) is 10.2 Å². The third-order valence-electron chi connectivity index (χ3n) is 2.11. The summed E-state index contributed by atoms with van der Waals surface area (Å²) >= 11 is 1.16. The lowest BCUT2D eigenvalue weighted by Crippen LogP contribution is -2.15. The molecule has 0 saturated heterocycles. The summed E-state index contributed by atoms with van der Waals surface area (Å²) in [5.41, 5.74) is 1.56. The summed E-state index contributed by atoms with van der Waals surface area (Å²) in [6.07, 6.45) is 1.06. The predicted octanol–water partition coefficient (Wildman–Crippen LogP) is 1.19. The van der Waals surface area contributed by atoms with Crippen LogP contribution < -0.4 is 5.32 Å². The van der Waals surface area contributed by atoms with Gasteiger partial charge in [-0.1, -0.05) is 23.5 Å². The maximum Gasteiger partial charge on any atom is 0.258 e. The Morgan fingerprint density at radius 1 is 1.33 bits per heavy atom. The molecule has 0 bridgehead atoms. The van der Waals surface area contributed by atoms with Crippen LogP contribution in [0.15, 0.2) is 34.7 Å². The van der Waals surface area contributed by atoms with Crippen LogP contribution in [-0.4, -0.2) is 30.8 Å². The van der Waals surface area contributed by atoms with Crippen LogP contribution in [0.3, 0.4) is 0 Å². The number of hydrogen-bond acceptors (Lipinski definition) is 6. The lowest BCUT2D eigenvalue weighted by Gasteiger charge is -2.06. The SMILES string of the molecule is CS(=O)(=O)c1ccccc1C(=O)Nc1nncs1. The van der Waals surface area contributed by atoms with Crippen LogP contribution in [0, 0.1) is 0 Å². The molecular weight excluding hydrogens is 274 g/mol. The number of nitrogens with one attached hydrogen (secondary N) is 1. The van der Waals surface area contributed by atoms with Gasteiger partial charge in [0.2, 0.25) is 5.13 Å². The zero-order valence-corrected chi connectivity index (χ0v) is 11.0. The molecule has 18 heavy (non-hydrogen) atoms. The summed E-state index contributed by atoms with van der Waals surface area (Å²) in [6.45, 7) is 0. The summed E-state index contributed by atoms with van der Waals surface area (Å²) in [7, 11) is -3.45. The van der Waals surface area contributed by atoms with Crippen LogP contribution >= 0.6 is 11.3 Å². The van der Waals surface area contributed by atoms with Gasteiger partial charge in [-0.05, 0) is 12.1 Å². The number of nitrogens with zero attached hydrogens (tertiary/aromatic N) is 2. The molecule has 0 unspecified atom stereocenters. The van der Waals surface area contributed by atoms with E-state index in [1.165, 1.54) is 17.6 Å². The molecule has 0 aliphatic rings. The molecule has 0 saturated carbocycles. The van der Waals surface area contributed by atoms with Crippen molar-refractivity contribution in [3.63, 3.8) is 0 Å². The minimum atomic E-state index is -3.45. The van der Waals surface area contributed by atoms with Gasteiger partial charge >= 0.3 is 0 Å². The third kappa shape index (κ3) is 2.71. The zero-order valence-electron chi connectivity index (χ0n) is 9.32. The average molecular weight is 283 g/mol. The number of hydrogen-bond donors (Lipinski definition) is 1. The fraction of sp³-hybridized carbons (Fsp3) is 0.100. The number of anilines is 1. The van der Waals surface area contributed by atoms with E-state index in [1.54, 1.807) is 12.1 Å². The van der Waals surface area contributed by atoms with Crippen molar-refractivity contribution in [3.8, 4) is 0 Å². The maximum atomic E-state index is 11.9. The van der Waals surface area contributed by atoms with Crippen LogP contribution in [0.5, 0.6) is 0 Å². The quantitative estimate of drug-likeness (QED) is 0.914. The highest BCUT2D eigenvalue weighted by Crippen LogP contribution is 2.17. The smallest absolute Gasteiger partial charge is 0.258 e. The summed E-state index contributed by atoms with van der Waals surface area (Å²) < 4.78 is 23.1. The van der Waals surface area contributed by atoms with Crippen molar-refractivity contribution in [3.05, 3.63) is 35.3 Å². The van der Waals surface area contributed by atoms with E-state index in [0.29, 0.717) is 5.13 Å². The van der Waals surface area contributed by atoms with Gasteiger partial charge in [-0.25, -0.2) is 8.42 Å². The topological polar surface area (TPSA) is 89.0 Å². The molecule has 94 valence electrons. The lowest BCUT2D eigenvalue weighted by atomic mass is 10.2. The molecule has 1 amide bonds. The Morgan fingerprint density at radius 3 is 2.67 bits per heavy atom. The van der Waals surface area contributed by atoms with Crippen molar-refractivity contribution in [2.24, 2.45) is 0 Å². The van der Waals surface area contributed by atoms with Gasteiger partial charge in [0.1, 0.15) is 5.51 Å². The highest BCUT2D eigenvalue weighted by Gasteiger charge is 2.18. The monoisotopic (exact) mass is 283 g/mol. The molecule has 1 heterocycles. The molecule has 0 fully saturated rings. The first-order valence-electron chi connectivity index (χ1n) is 4.85. The minimum absolute atomic E-state index is 0.00739. The van der Waals surface area contributed by atoms with Crippen molar-refractivity contribution in [2.45, 2.75) is 4.90 Å². The van der Waals surface area contributed by atoms with Crippen molar-refractivity contribution >= 4 is 32.2 Å². The molecule has 1 aromatic heterocycles. The molecule has 6 nitrogen and oxygen atoms in total. The summed E-state index contributed by atoms with van der Waals surface area (Å²) in [4.78, 5) is 11.9. The maximum absolute atomic E-state index is 11.9. The Hall–Kier alpha value is -1.80. The first-order chi connectivity index (χ1) is 8.48. The van der Waals surface area contributed by atoms with Crippen molar-refractivity contribution in [1.29, 1.82) is 0 Å². The highest BCUT2D eigenvalue weighted by molar-refractivity contribution is 7.90. The molecule has 0 spiro atoms. The Bertz CT molecular complexity index is 665. The molecule has 0 radical (unpaired) electrons. The van der Waals surface area contributed by atoms with Crippen LogP contribution in [0.25, 0.3) is 0 Å². The zero-order chi connectivity index (χ0) is 13.2. The molecule has 8 heteroatoms. The van der Waals surface area contributed by atoms with E-state index in [1.807, 2.05) is 0 Å². The van der Waals surface area contributed by atoms with Gasteiger partial charge < -0.3 is 0 Å². The largest absolute Gasteiger partial charge is 0.296 e. The van der Waals surface area contributed by atoms with Crippen LogP contribution in [0.1, 0.15) is 10.4 Å². The Labute approximate surface area is 108 Å². The number of carbonyl (C=O) groups excluding carboxylic acids is 1. The van der Waals surface area contributed by atoms with E-state index in [4.69, 9.17) is 0 Å². The lowest BCUT2D eigenvalue weighted by molar-refractivity contribution is 0.102. The van der Waals surface area contributed by atoms with Crippen molar-refractivity contribution in [2.75, 3.05) is 11.6 Å². The van der Waals surface area contributed by atoms with E-state index in [0.717, 1.165) is 17.6 Å². The molecule has 0 aliphatic carbocycles. The number of benzene rings is 1. The first kappa shape index (κ1) is 12.7. The number of sulfone groups is 1. The molecule has 1 N–H and O–H groups in total. The Kier molecular flexibility index (Phi) is 3.39. The van der Waals surface area contributed by atoms with Gasteiger partial charge in [0.25, 0.3) is 5.91 Å². The minimum Gasteiger partial charge on any atom is -0.296 e. The van der Waals surface area contributed by atoms with E-state index in [9.17, 15) is 13.2 Å². The molecule has 1 aromatic carbocycles. The fourth-order valence-electron chi connectivity index (χ4n) is 1.37. The summed E-state index contributed by atoms with van der Waals surface area (Å²) in [5, 5.41) is 10.1. The highest BCUT2D eigenvalue weighted by atomic mass is 32.2. The standard InChI is InChI=1S/C10H9N3O3S2/c1-18(15,16)8-5-3-2-4-7(8)9(14)12-10-13-11-6-17-10/h2-6H,1H3,(H,12,13,14). The van der Waals surface area contributed by atoms with Crippen molar-refractivity contribution < 1.29 is 13.2 Å². The van der Waals surface area contributed by atoms with E-state index in [-0.39, 0.29) is 10.5 Å². The van der Waals surface area contributed by atoms with Crippen LogP contribution in [0.4, 0.5) is 5.13 Å². The molecule has 0 aliphatic heterocycles. The number of rotatable bonds is 3. The third-order valence-corrected chi connectivity index (χ3v) is 3.87. The molecular formula is C10H9N3O3S2. The molecule has 2 rings (SSSR count). The van der Waals surface area contributed by atoms with E-state index in [2.05, 4.69) is 15.5 Å². The van der Waals surface area contributed by atoms with Gasteiger partial charge in [0, 0.05) is 6.26 Å². The Morgan fingerprint density at radius 2 is 2.06 bits per heavy atom. The molecule has 0 atom stereocenters. The predicted molar refractivity (Wildman–Crippen MR) is 67.4 cm³/mol. The average Bonchev–Trinajstić information content (AvgIpc) is 2.80. The van der Waals surface area contributed by atoms with Gasteiger partial charge in [-0.2, -0.15) is 0 Å². The second kappa shape index (κ2) is 4.83. The van der Waals surface area contributed by atoms with Gasteiger partial charge in [0.15, 0.2) is 9.84 Å². The first-order valence-corrected chi connectivity index (χ1v) is 7.62. The van der Waals surface area contributed by atoms with E-state index >= 15 is 0 Å². The fourth-order valence-corrected chi connectivity index (χ4v) is 2.70. The second-order valence-corrected chi connectivity index (χ2v) is 6.28. The van der Waals surface area contributed by atoms with E-state index < -0.39 is 15.7 Å². The second-order valence-electron chi connectivity index (χ2n) is 3.47. The summed E-state index contributed by atoms with van der Waals surface area (Å²) in [6, 6.07) is 6.01. The van der Waals surface area contributed by atoms with Gasteiger partial charge in [0.05, 0.1) is 10.5 Å². The number of carbonyl (C=O) groups is 1. The van der Waals surface area contributed by atoms with Gasteiger partial charge in [-0.3, -0.25) is 10.1 Å². The summed E-state index contributed by atoms with van der Waals surface area (Å²) in [5.74, 6) is -0.521.